The lowest BCUT2D eigenvalue weighted by Crippen LogP contribution is -2.28. The average Bonchev–Trinajstić information content (AvgIpc) is 2.46. The third kappa shape index (κ3) is 11.7. The molecule has 0 aromatic heterocycles. The number of oxime groups is 1. The van der Waals surface area contributed by atoms with Crippen LogP contribution in [0.3, 0.4) is 0 Å². The number of rotatable bonds is 13. The monoisotopic (exact) mass is 355 g/mol. The fourth-order valence-corrected chi connectivity index (χ4v) is 2.67. The fraction of sp³-hybridized carbons (Fsp3) is 0.941. The minimum Gasteiger partial charge on any atom is -0.399 e. The van der Waals surface area contributed by atoms with Crippen LogP contribution in [0.5, 0.6) is 0 Å². The SMILES string of the molecule is CCCC(C)(O)CCCC/C(CCCCC(O)C(F)(F)F)=N/OC. The molecule has 2 atom stereocenters. The van der Waals surface area contributed by atoms with Gasteiger partial charge in [0.25, 0.3) is 0 Å². The third-order valence-corrected chi connectivity index (χ3v) is 4.01. The second-order valence-corrected chi connectivity index (χ2v) is 6.60. The average molecular weight is 355 g/mol. The van der Waals surface area contributed by atoms with Crippen molar-refractivity contribution in [2.45, 2.75) is 95.9 Å². The summed E-state index contributed by atoms with van der Waals surface area (Å²) in [6.45, 7) is 3.88. The molecule has 2 N–H and O–H groups in total. The first-order chi connectivity index (χ1) is 11.1. The molecule has 0 saturated carbocycles. The lowest BCUT2D eigenvalue weighted by molar-refractivity contribution is -0.205. The van der Waals surface area contributed by atoms with Crippen LogP contribution in [0.1, 0.15) is 78.1 Å². The number of aliphatic hydroxyl groups is 2. The first-order valence-corrected chi connectivity index (χ1v) is 8.68. The molecule has 0 aliphatic rings. The van der Waals surface area contributed by atoms with Crippen LogP contribution in [0, 0.1) is 0 Å². The molecule has 0 aliphatic carbocycles. The van der Waals surface area contributed by atoms with Crippen LogP contribution in [0.4, 0.5) is 13.2 Å². The summed E-state index contributed by atoms with van der Waals surface area (Å²) in [4.78, 5) is 4.78. The lowest BCUT2D eigenvalue weighted by Gasteiger charge is -2.22. The van der Waals surface area contributed by atoms with Gasteiger partial charge in [0.1, 0.15) is 13.2 Å². The number of hydrogen-bond acceptors (Lipinski definition) is 4. The van der Waals surface area contributed by atoms with Gasteiger partial charge in [0.2, 0.25) is 0 Å². The smallest absolute Gasteiger partial charge is 0.399 e. The molecule has 0 aromatic carbocycles. The Morgan fingerprint density at radius 3 is 2.17 bits per heavy atom. The molecule has 24 heavy (non-hydrogen) atoms. The van der Waals surface area contributed by atoms with Crippen LogP contribution in [0.2, 0.25) is 0 Å². The van der Waals surface area contributed by atoms with Gasteiger partial charge >= 0.3 is 6.18 Å². The van der Waals surface area contributed by atoms with Crippen LogP contribution < -0.4 is 0 Å². The van der Waals surface area contributed by atoms with E-state index in [1.807, 2.05) is 13.8 Å². The van der Waals surface area contributed by atoms with Crippen LogP contribution >= 0.6 is 0 Å². The van der Waals surface area contributed by atoms with Gasteiger partial charge in [-0.15, -0.1) is 0 Å². The molecule has 0 fully saturated rings. The van der Waals surface area contributed by atoms with E-state index in [4.69, 9.17) is 9.94 Å². The first kappa shape index (κ1) is 23.2. The van der Waals surface area contributed by atoms with E-state index in [-0.39, 0.29) is 12.8 Å². The van der Waals surface area contributed by atoms with Gasteiger partial charge in [0, 0.05) is 0 Å². The Bertz CT molecular complexity index is 357. The number of halogens is 3. The van der Waals surface area contributed by atoms with Crippen molar-refractivity contribution in [3.05, 3.63) is 0 Å². The minimum atomic E-state index is -4.54. The summed E-state index contributed by atoms with van der Waals surface area (Å²) < 4.78 is 36.6. The molecular formula is C17H32F3NO3. The summed E-state index contributed by atoms with van der Waals surface area (Å²) in [6, 6.07) is 0. The second kappa shape index (κ2) is 11.7. The molecule has 0 saturated heterocycles. The molecule has 0 rings (SSSR count). The van der Waals surface area contributed by atoms with Gasteiger partial charge in [-0.2, -0.15) is 13.2 Å². The Balaban J connectivity index is 4.01. The fourth-order valence-electron chi connectivity index (χ4n) is 2.67. The molecule has 7 heteroatoms. The van der Waals surface area contributed by atoms with Crippen molar-refractivity contribution in [3.8, 4) is 0 Å². The normalized spacial score (nSPS) is 16.8. The molecule has 2 unspecified atom stereocenters. The highest BCUT2D eigenvalue weighted by molar-refractivity contribution is 5.83. The molecule has 0 amide bonds. The molecular weight excluding hydrogens is 323 g/mol. The van der Waals surface area contributed by atoms with Gasteiger partial charge in [-0.05, 0) is 51.9 Å². The summed E-state index contributed by atoms with van der Waals surface area (Å²) in [7, 11) is 1.44. The molecule has 4 nitrogen and oxygen atoms in total. The van der Waals surface area contributed by atoms with E-state index < -0.39 is 17.9 Å². The Morgan fingerprint density at radius 1 is 1.08 bits per heavy atom. The molecule has 0 radical (unpaired) electrons. The van der Waals surface area contributed by atoms with Crippen LogP contribution in [-0.4, -0.2) is 40.9 Å². The third-order valence-electron chi connectivity index (χ3n) is 4.01. The molecule has 0 bridgehead atoms. The maximum absolute atomic E-state index is 12.2. The summed E-state index contributed by atoms with van der Waals surface area (Å²) in [5.41, 5.74) is 0.176. The predicted octanol–water partition coefficient (Wildman–Crippen LogP) is 4.58. The minimum absolute atomic E-state index is 0.286. The lowest BCUT2D eigenvalue weighted by atomic mass is 9.93. The van der Waals surface area contributed by atoms with Gasteiger partial charge in [0.05, 0.1) is 11.3 Å². The van der Waals surface area contributed by atoms with Crippen molar-refractivity contribution in [1.29, 1.82) is 0 Å². The van der Waals surface area contributed by atoms with E-state index in [1.54, 1.807) is 0 Å². The van der Waals surface area contributed by atoms with Gasteiger partial charge in [-0.1, -0.05) is 31.3 Å². The van der Waals surface area contributed by atoms with Crippen molar-refractivity contribution in [2.75, 3.05) is 7.11 Å². The predicted molar refractivity (Wildman–Crippen MR) is 89.0 cm³/mol. The number of hydrogen-bond donors (Lipinski definition) is 2. The zero-order valence-electron chi connectivity index (χ0n) is 15.0. The van der Waals surface area contributed by atoms with Crippen LogP contribution in [0.25, 0.3) is 0 Å². The standard InChI is InChI=1S/C17H32F3NO3/c1-4-12-16(2,23)13-8-7-10-14(21-24-3)9-5-6-11-15(22)17(18,19)20/h15,22-23H,4-13H2,1-3H3/b21-14+. The summed E-state index contributed by atoms with van der Waals surface area (Å²) in [5.74, 6) is 0. The van der Waals surface area contributed by atoms with Crippen molar-refractivity contribution < 1.29 is 28.2 Å². The van der Waals surface area contributed by atoms with Crippen LogP contribution in [0.15, 0.2) is 5.16 Å². The topological polar surface area (TPSA) is 62.0 Å². The zero-order chi connectivity index (χ0) is 18.6. The number of aliphatic hydroxyl groups excluding tert-OH is 1. The van der Waals surface area contributed by atoms with E-state index in [0.29, 0.717) is 19.3 Å². The molecule has 0 heterocycles. The summed E-state index contributed by atoms with van der Waals surface area (Å²) in [5, 5.41) is 23.0. The van der Waals surface area contributed by atoms with Gasteiger partial charge < -0.3 is 15.1 Å². The van der Waals surface area contributed by atoms with E-state index in [0.717, 1.165) is 37.8 Å². The zero-order valence-corrected chi connectivity index (χ0v) is 15.0. The Kier molecular flexibility index (Phi) is 11.3. The van der Waals surface area contributed by atoms with Crippen molar-refractivity contribution in [1.82, 2.24) is 0 Å². The second-order valence-electron chi connectivity index (χ2n) is 6.60. The first-order valence-electron chi connectivity index (χ1n) is 8.68. The van der Waals surface area contributed by atoms with Gasteiger partial charge in [-0.25, -0.2) is 0 Å². The van der Waals surface area contributed by atoms with E-state index in [9.17, 15) is 18.3 Å². The highest BCUT2D eigenvalue weighted by Gasteiger charge is 2.37. The summed E-state index contributed by atoms with van der Waals surface area (Å²) >= 11 is 0. The van der Waals surface area contributed by atoms with Gasteiger partial charge in [0.15, 0.2) is 0 Å². The Labute approximate surface area is 143 Å². The number of nitrogens with zero attached hydrogens (tertiary/aromatic N) is 1. The quantitative estimate of drug-likeness (QED) is 0.289. The summed E-state index contributed by atoms with van der Waals surface area (Å²) in [6.07, 6.45) is -0.849. The molecule has 0 aromatic rings. The Hall–Kier alpha value is -0.820. The van der Waals surface area contributed by atoms with Gasteiger partial charge in [-0.3, -0.25) is 0 Å². The molecule has 0 spiro atoms. The van der Waals surface area contributed by atoms with E-state index in [2.05, 4.69) is 5.16 Å². The largest absolute Gasteiger partial charge is 0.414 e. The molecule has 0 aliphatic heterocycles. The number of alkyl halides is 3. The highest BCUT2D eigenvalue weighted by atomic mass is 19.4. The van der Waals surface area contributed by atoms with E-state index in [1.165, 1.54) is 7.11 Å². The maximum atomic E-state index is 12.2. The van der Waals surface area contributed by atoms with Crippen molar-refractivity contribution in [2.24, 2.45) is 5.16 Å². The molecule has 144 valence electrons. The van der Waals surface area contributed by atoms with Crippen molar-refractivity contribution in [3.63, 3.8) is 0 Å². The number of unbranched alkanes of at least 4 members (excludes halogenated alkanes) is 2. The van der Waals surface area contributed by atoms with Crippen LogP contribution in [-0.2, 0) is 4.84 Å². The maximum Gasteiger partial charge on any atom is 0.414 e. The van der Waals surface area contributed by atoms with Crippen molar-refractivity contribution >= 4 is 5.71 Å². The van der Waals surface area contributed by atoms with E-state index >= 15 is 0 Å². The Morgan fingerprint density at radius 2 is 1.67 bits per heavy atom. The highest BCUT2D eigenvalue weighted by Crippen LogP contribution is 2.24.